The monoisotopic (exact) mass is 250 g/mol. The second-order valence-corrected chi connectivity index (χ2v) is 5.06. The molecular formula is C14H19FN2O. The van der Waals surface area contributed by atoms with Gasteiger partial charge in [0.05, 0.1) is 0 Å². The van der Waals surface area contributed by atoms with E-state index in [4.69, 9.17) is 5.73 Å². The molecular weight excluding hydrogens is 231 g/mol. The maximum absolute atomic E-state index is 13.4. The van der Waals surface area contributed by atoms with Gasteiger partial charge in [-0.1, -0.05) is 6.07 Å². The van der Waals surface area contributed by atoms with E-state index in [1.54, 1.807) is 19.1 Å². The van der Waals surface area contributed by atoms with E-state index in [0.29, 0.717) is 11.3 Å². The molecule has 3 N–H and O–H groups in total. The zero-order valence-corrected chi connectivity index (χ0v) is 10.6. The van der Waals surface area contributed by atoms with E-state index in [-0.39, 0.29) is 23.7 Å². The maximum Gasteiger partial charge on any atom is 0.227 e. The Morgan fingerprint density at radius 1 is 1.33 bits per heavy atom. The molecule has 0 unspecified atom stereocenters. The summed E-state index contributed by atoms with van der Waals surface area (Å²) in [6, 6.07) is 4.99. The van der Waals surface area contributed by atoms with E-state index >= 15 is 0 Å². The smallest absolute Gasteiger partial charge is 0.227 e. The number of carbonyl (C=O) groups excluding carboxylic acids is 1. The lowest BCUT2D eigenvalue weighted by atomic mass is 9.86. The molecule has 0 saturated heterocycles. The third kappa shape index (κ3) is 3.07. The van der Waals surface area contributed by atoms with Gasteiger partial charge < -0.3 is 11.1 Å². The number of nitrogens with two attached hydrogens (primary N) is 1. The van der Waals surface area contributed by atoms with Gasteiger partial charge >= 0.3 is 0 Å². The highest BCUT2D eigenvalue weighted by Gasteiger charge is 2.24. The third-order valence-corrected chi connectivity index (χ3v) is 3.58. The summed E-state index contributed by atoms with van der Waals surface area (Å²) in [5.74, 6) is -0.308. The van der Waals surface area contributed by atoms with Gasteiger partial charge in [0.25, 0.3) is 0 Å². The Balaban J connectivity index is 1.96. The van der Waals surface area contributed by atoms with Crippen LogP contribution in [0.2, 0.25) is 0 Å². The lowest BCUT2D eigenvalue weighted by Gasteiger charge is -2.25. The van der Waals surface area contributed by atoms with Crippen LogP contribution in [0.15, 0.2) is 18.2 Å². The molecule has 3 nitrogen and oxygen atoms in total. The first-order valence-corrected chi connectivity index (χ1v) is 6.39. The summed E-state index contributed by atoms with van der Waals surface area (Å²) in [4.78, 5) is 12.0. The van der Waals surface area contributed by atoms with Gasteiger partial charge in [-0.25, -0.2) is 4.39 Å². The summed E-state index contributed by atoms with van der Waals surface area (Å²) in [5, 5.41) is 2.77. The van der Waals surface area contributed by atoms with Crippen molar-refractivity contribution in [2.45, 2.75) is 38.6 Å². The summed E-state index contributed by atoms with van der Waals surface area (Å²) >= 11 is 0. The van der Waals surface area contributed by atoms with Crippen LogP contribution in [0.1, 0.15) is 31.2 Å². The zero-order chi connectivity index (χ0) is 13.1. The number of hydrogen-bond donors (Lipinski definition) is 2. The van der Waals surface area contributed by atoms with E-state index in [2.05, 4.69) is 5.32 Å². The number of rotatable bonds is 2. The SMILES string of the molecule is Cc1ccc(NC(=O)C2CCC(N)CC2)cc1F. The first kappa shape index (κ1) is 13.0. The standard InChI is InChI=1S/C14H19FN2O/c1-9-2-7-12(8-13(9)15)17-14(18)10-3-5-11(16)6-4-10/h2,7-8,10-11H,3-6,16H2,1H3,(H,17,18). The molecule has 4 heteroatoms. The Bertz CT molecular complexity index is 439. The quantitative estimate of drug-likeness (QED) is 0.847. The van der Waals surface area contributed by atoms with E-state index in [9.17, 15) is 9.18 Å². The van der Waals surface area contributed by atoms with Gasteiger partial charge in [0.15, 0.2) is 0 Å². The number of anilines is 1. The van der Waals surface area contributed by atoms with Crippen molar-refractivity contribution in [3.63, 3.8) is 0 Å². The second kappa shape index (κ2) is 5.48. The van der Waals surface area contributed by atoms with Gasteiger partial charge in [-0.3, -0.25) is 4.79 Å². The lowest BCUT2D eigenvalue weighted by molar-refractivity contribution is -0.120. The molecule has 1 aromatic rings. The van der Waals surface area contributed by atoms with Crippen LogP contribution >= 0.6 is 0 Å². The zero-order valence-electron chi connectivity index (χ0n) is 10.6. The molecule has 0 bridgehead atoms. The topological polar surface area (TPSA) is 55.1 Å². The summed E-state index contributed by atoms with van der Waals surface area (Å²) in [6.45, 7) is 1.70. The van der Waals surface area contributed by atoms with Gasteiger partial charge in [-0.2, -0.15) is 0 Å². The van der Waals surface area contributed by atoms with E-state index in [1.807, 2.05) is 0 Å². The predicted octanol–water partition coefficient (Wildman–Crippen LogP) is 2.59. The predicted molar refractivity (Wildman–Crippen MR) is 69.7 cm³/mol. The number of halogens is 1. The van der Waals surface area contributed by atoms with Gasteiger partial charge in [0.1, 0.15) is 5.82 Å². The molecule has 2 rings (SSSR count). The molecule has 18 heavy (non-hydrogen) atoms. The van der Waals surface area contributed by atoms with Crippen LogP contribution < -0.4 is 11.1 Å². The molecule has 1 aliphatic carbocycles. The number of hydrogen-bond acceptors (Lipinski definition) is 2. The minimum absolute atomic E-state index is 0.00849. The van der Waals surface area contributed by atoms with Gasteiger partial charge in [0.2, 0.25) is 5.91 Å². The Kier molecular flexibility index (Phi) is 3.97. The first-order chi connectivity index (χ1) is 8.56. The first-order valence-electron chi connectivity index (χ1n) is 6.39. The molecule has 0 atom stereocenters. The molecule has 0 aromatic heterocycles. The van der Waals surface area contributed by atoms with Crippen molar-refractivity contribution in [3.05, 3.63) is 29.6 Å². The number of carbonyl (C=O) groups is 1. The maximum atomic E-state index is 13.4. The van der Waals surface area contributed by atoms with Crippen molar-refractivity contribution in [3.8, 4) is 0 Å². The molecule has 1 aliphatic rings. The molecule has 1 aromatic carbocycles. The number of aryl methyl sites for hydroxylation is 1. The van der Waals surface area contributed by atoms with Gasteiger partial charge in [0, 0.05) is 17.6 Å². The molecule has 1 fully saturated rings. The average Bonchev–Trinajstić information content (AvgIpc) is 2.34. The largest absolute Gasteiger partial charge is 0.328 e. The molecule has 1 saturated carbocycles. The second-order valence-electron chi connectivity index (χ2n) is 5.06. The summed E-state index contributed by atoms with van der Waals surface area (Å²) in [7, 11) is 0. The van der Waals surface area contributed by atoms with Crippen molar-refractivity contribution >= 4 is 11.6 Å². The fraction of sp³-hybridized carbons (Fsp3) is 0.500. The number of nitrogens with one attached hydrogen (secondary N) is 1. The summed E-state index contributed by atoms with van der Waals surface area (Å²) in [5.41, 5.74) is 6.91. The molecule has 1 amide bonds. The molecule has 0 aliphatic heterocycles. The molecule has 98 valence electrons. The lowest BCUT2D eigenvalue weighted by Crippen LogP contribution is -2.32. The fourth-order valence-corrected chi connectivity index (χ4v) is 2.30. The normalized spacial score (nSPS) is 23.7. The number of benzene rings is 1. The van der Waals surface area contributed by atoms with Gasteiger partial charge in [-0.15, -0.1) is 0 Å². The van der Waals surface area contributed by atoms with Crippen molar-refractivity contribution in [2.75, 3.05) is 5.32 Å². The summed E-state index contributed by atoms with van der Waals surface area (Å²) in [6.07, 6.45) is 3.42. The molecule has 0 heterocycles. The van der Waals surface area contributed by atoms with Crippen molar-refractivity contribution in [2.24, 2.45) is 11.7 Å². The van der Waals surface area contributed by atoms with Crippen LogP contribution in [-0.2, 0) is 4.79 Å². The van der Waals surface area contributed by atoms with Crippen molar-refractivity contribution < 1.29 is 9.18 Å². The van der Waals surface area contributed by atoms with Crippen LogP contribution in [0.5, 0.6) is 0 Å². The van der Waals surface area contributed by atoms with Crippen molar-refractivity contribution in [1.82, 2.24) is 0 Å². The Morgan fingerprint density at radius 2 is 2.00 bits per heavy atom. The average molecular weight is 250 g/mol. The van der Waals surface area contributed by atoms with E-state index < -0.39 is 0 Å². The minimum atomic E-state index is -0.293. The fourth-order valence-electron chi connectivity index (χ4n) is 2.30. The van der Waals surface area contributed by atoms with Crippen LogP contribution in [0.3, 0.4) is 0 Å². The summed E-state index contributed by atoms with van der Waals surface area (Å²) < 4.78 is 13.4. The van der Waals surface area contributed by atoms with Crippen LogP contribution in [0, 0.1) is 18.7 Å². The van der Waals surface area contributed by atoms with Gasteiger partial charge in [-0.05, 0) is 50.3 Å². The third-order valence-electron chi connectivity index (χ3n) is 3.58. The van der Waals surface area contributed by atoms with Crippen LogP contribution in [0.25, 0.3) is 0 Å². The molecule has 0 spiro atoms. The Hall–Kier alpha value is -1.42. The minimum Gasteiger partial charge on any atom is -0.328 e. The number of amides is 1. The van der Waals surface area contributed by atoms with Crippen LogP contribution in [0.4, 0.5) is 10.1 Å². The van der Waals surface area contributed by atoms with Crippen molar-refractivity contribution in [1.29, 1.82) is 0 Å². The molecule has 0 radical (unpaired) electrons. The van der Waals surface area contributed by atoms with Crippen LogP contribution in [-0.4, -0.2) is 11.9 Å². The highest BCUT2D eigenvalue weighted by molar-refractivity contribution is 5.92. The Labute approximate surface area is 107 Å². The highest BCUT2D eigenvalue weighted by atomic mass is 19.1. The van der Waals surface area contributed by atoms with E-state index in [0.717, 1.165) is 25.7 Å². The highest BCUT2D eigenvalue weighted by Crippen LogP contribution is 2.24. The Morgan fingerprint density at radius 3 is 2.61 bits per heavy atom. The van der Waals surface area contributed by atoms with E-state index in [1.165, 1.54) is 6.07 Å².